The lowest BCUT2D eigenvalue weighted by atomic mass is 10.0. The topological polar surface area (TPSA) is 425 Å². The Morgan fingerprint density at radius 3 is 1.54 bits per heavy atom. The molecule has 4 aromatic carbocycles. The minimum absolute atomic E-state index is 0.00504. The smallest absolute Gasteiger partial charge is 0.294 e. The molecule has 544 valence electrons. The number of Topliss-reactive ketones (excluding diaryl/α,β-unsaturated/α-hetero) is 2. The Labute approximate surface area is 602 Å². The Hall–Kier alpha value is -9.15. The third-order valence-electron chi connectivity index (χ3n) is 16.1. The fraction of sp³-hybridized carbons (Fsp3) is 0.391. The van der Waals surface area contributed by atoms with Gasteiger partial charge in [-0.2, -0.15) is 50.2 Å². The predicted molar refractivity (Wildman–Crippen MR) is 393 cm³/mol. The normalized spacial score (nSPS) is 14.2. The summed E-state index contributed by atoms with van der Waals surface area (Å²) in [7, 11) is -10.7. The van der Waals surface area contributed by atoms with Gasteiger partial charge in [0.1, 0.15) is 46.2 Å². The first-order valence-corrected chi connectivity index (χ1v) is 39.4. The van der Waals surface area contributed by atoms with Crippen molar-refractivity contribution in [2.24, 2.45) is 20.5 Å². The molecule has 0 radical (unpaired) electrons. The van der Waals surface area contributed by atoms with Crippen LogP contribution in [0, 0.1) is 0 Å². The molecule has 102 heavy (non-hydrogen) atoms. The van der Waals surface area contributed by atoms with Crippen molar-refractivity contribution in [2.45, 2.75) is 101 Å². The maximum atomic E-state index is 14.2. The van der Waals surface area contributed by atoms with Gasteiger partial charge in [-0.3, -0.25) is 32.8 Å². The third kappa shape index (κ3) is 19.9. The molecular formula is C64H77N17O15S6. The number of ketones is 2. The van der Waals surface area contributed by atoms with E-state index < -0.39 is 75.2 Å². The lowest BCUT2D eigenvalue weighted by Crippen LogP contribution is -2.32. The summed E-state index contributed by atoms with van der Waals surface area (Å²) in [6, 6.07) is 16.7. The molecule has 2 aliphatic heterocycles. The number of methoxy groups -OCH3 is 2. The van der Waals surface area contributed by atoms with Crippen LogP contribution in [0.3, 0.4) is 0 Å². The van der Waals surface area contributed by atoms with Crippen LogP contribution in [-0.2, 0) is 49.5 Å². The number of carbonyl (C=O) groups is 4. The number of anilines is 10. The van der Waals surface area contributed by atoms with Gasteiger partial charge in [0.2, 0.25) is 28.1 Å². The predicted octanol–water partition coefficient (Wildman–Crippen LogP) is 12.2. The first kappa shape index (κ1) is 77.0. The number of aromatic nitrogens is 5. The number of nitrogens with one attached hydrogen (secondary N) is 4. The molecule has 2 amide bonds. The van der Waals surface area contributed by atoms with Crippen molar-refractivity contribution in [2.75, 3.05) is 119 Å². The quantitative estimate of drug-likeness (QED) is 0.00514. The van der Waals surface area contributed by atoms with Crippen LogP contribution in [0.5, 0.6) is 11.5 Å². The molecule has 5 heterocycles. The highest BCUT2D eigenvalue weighted by Crippen LogP contribution is 2.46. The number of thiazole rings is 2. The largest absolute Gasteiger partial charge is 0.494 e. The number of ether oxygens (including phenoxy) is 2. The molecule has 2 aliphatic rings. The van der Waals surface area contributed by atoms with Gasteiger partial charge >= 0.3 is 0 Å². The van der Waals surface area contributed by atoms with Crippen molar-refractivity contribution in [3.63, 3.8) is 0 Å². The number of hydrogen-bond acceptors (Lipinski definition) is 30. The molecule has 1 atom stereocenters. The SMILES string of the molecule is CCN(CC)c1cc(Nc2nc(Nc3cc(N(CC)CC)c(OC)cc3N=Nc3nc(N4CCCCC4)c(C(C(C)=O)C(=O)Nc4cccc(S(=O)(=O)O)c4)s3)nc(SCCS(=O)(=O)O)n2)c(N=Nc2nc(N3CCCCC3)c(/C=C(\C(C)=O)C(=O)Nc3cccc(S(=O)(=O)O)c3)s2)cc1OC. The summed E-state index contributed by atoms with van der Waals surface area (Å²) in [5.74, 6) is -3.73. The minimum Gasteiger partial charge on any atom is -0.494 e. The van der Waals surface area contributed by atoms with Crippen molar-refractivity contribution in [3.05, 3.63) is 88.1 Å². The lowest BCUT2D eigenvalue weighted by molar-refractivity contribution is -0.126. The summed E-state index contributed by atoms with van der Waals surface area (Å²) in [6.07, 6.45) is 6.58. The summed E-state index contributed by atoms with van der Waals surface area (Å²) in [4.78, 5) is 86.7. The van der Waals surface area contributed by atoms with E-state index in [2.05, 4.69) is 31.5 Å². The molecule has 2 saturated heterocycles. The van der Waals surface area contributed by atoms with E-state index in [4.69, 9.17) is 44.6 Å². The summed E-state index contributed by atoms with van der Waals surface area (Å²) in [6.45, 7) is 14.8. The molecule has 32 nitrogen and oxygen atoms in total. The average molecular weight is 1520 g/mol. The van der Waals surface area contributed by atoms with Gasteiger partial charge in [0.25, 0.3) is 36.3 Å². The number of azo groups is 2. The van der Waals surface area contributed by atoms with E-state index in [1.54, 1.807) is 24.3 Å². The number of carbonyl (C=O) groups excluding carboxylic acids is 4. The molecule has 3 aromatic heterocycles. The molecule has 0 bridgehead atoms. The second-order valence-corrected chi connectivity index (χ2v) is 30.5. The number of nitrogens with zero attached hydrogens (tertiary/aromatic N) is 13. The van der Waals surface area contributed by atoms with Crippen LogP contribution in [-0.4, -0.2) is 165 Å². The highest BCUT2D eigenvalue weighted by molar-refractivity contribution is 8.00. The molecule has 0 aliphatic carbocycles. The molecule has 9 rings (SSSR count). The van der Waals surface area contributed by atoms with Crippen LogP contribution >= 0.6 is 34.4 Å². The zero-order valence-corrected chi connectivity index (χ0v) is 61.8. The van der Waals surface area contributed by atoms with Crippen LogP contribution in [0.25, 0.3) is 6.08 Å². The average Bonchev–Trinajstić information content (AvgIpc) is 1.55. The van der Waals surface area contributed by atoms with Gasteiger partial charge in [-0.05, 0) is 135 Å². The molecule has 38 heteroatoms. The standard InChI is InChI=1S/C64H77N17O15S6/c1-9-78(10-2)49-34-45(47(36-51(49)95-7)74-76-63-69-56(80-25-15-13-16-26-80)53(98-63)33-44(38(5)82)58(84)65-40-21-19-23-42(31-40)101(89,90)91)67-60-71-61(73-62(72-60)97-29-30-100(86,87)88)68-46-35-50(79(11-3)12-4)52(96-8)37-48(46)75-77-64-70-57(81-27-17-14-18-28-81)55(99-64)54(39(6)83)59(85)66-41-22-20-24-43(32-41)102(92,93)94/h19-24,31-37,54H,9-18,25-30H2,1-8H3,(H,65,84)(H,66,85)(H,86,87,88)(H,89,90,91)(H,92,93,94)(H2,67,68,71,72,73)/b44-33+,76-74?,77-75?. The van der Waals surface area contributed by atoms with E-state index in [0.29, 0.717) is 91.7 Å². The van der Waals surface area contributed by atoms with Gasteiger partial charge in [0.05, 0.1) is 67.8 Å². The van der Waals surface area contributed by atoms with Crippen LogP contribution < -0.4 is 50.3 Å². The second kappa shape index (κ2) is 34.2. The fourth-order valence-electron chi connectivity index (χ4n) is 11.1. The van der Waals surface area contributed by atoms with Crippen LogP contribution in [0.4, 0.5) is 79.3 Å². The lowest BCUT2D eigenvalue weighted by Gasteiger charge is -2.28. The minimum atomic E-state index is -4.64. The molecular weight excluding hydrogens is 1440 g/mol. The summed E-state index contributed by atoms with van der Waals surface area (Å²) >= 11 is 2.90. The number of piperidine rings is 2. The monoisotopic (exact) mass is 1520 g/mol. The summed E-state index contributed by atoms with van der Waals surface area (Å²) in [5.41, 5.74) is 1.86. The zero-order chi connectivity index (χ0) is 73.6. The number of rotatable bonds is 32. The maximum Gasteiger partial charge on any atom is 0.294 e. The fourth-order valence-corrected chi connectivity index (χ4v) is 15.8. The van der Waals surface area contributed by atoms with Crippen molar-refractivity contribution in [1.82, 2.24) is 24.9 Å². The zero-order valence-electron chi connectivity index (χ0n) is 56.9. The molecule has 1 unspecified atom stereocenters. The Balaban J connectivity index is 1.13. The number of amides is 2. The second-order valence-electron chi connectivity index (χ2n) is 23.0. The van der Waals surface area contributed by atoms with E-state index in [-0.39, 0.29) is 77.6 Å². The van der Waals surface area contributed by atoms with Gasteiger partial charge in [-0.1, -0.05) is 46.6 Å². The highest BCUT2D eigenvalue weighted by Gasteiger charge is 2.35. The Kier molecular flexibility index (Phi) is 25.8. The number of benzene rings is 4. The summed E-state index contributed by atoms with van der Waals surface area (Å²) in [5, 5.41) is 30.6. The van der Waals surface area contributed by atoms with E-state index in [0.717, 1.165) is 97.2 Å². The van der Waals surface area contributed by atoms with E-state index >= 15 is 0 Å². The molecule has 7 aromatic rings. The van der Waals surface area contributed by atoms with Crippen molar-refractivity contribution >= 4 is 174 Å². The number of hydrogen-bond donors (Lipinski definition) is 7. The van der Waals surface area contributed by atoms with Gasteiger partial charge < -0.3 is 50.3 Å². The maximum absolute atomic E-state index is 14.2. The van der Waals surface area contributed by atoms with E-state index in [9.17, 15) is 58.1 Å². The van der Waals surface area contributed by atoms with Crippen molar-refractivity contribution in [1.29, 1.82) is 0 Å². The number of thioether (sulfide) groups is 1. The van der Waals surface area contributed by atoms with Gasteiger partial charge in [-0.15, -0.1) is 20.5 Å². The van der Waals surface area contributed by atoms with Crippen LogP contribution in [0.15, 0.2) is 114 Å². The van der Waals surface area contributed by atoms with Crippen molar-refractivity contribution in [3.8, 4) is 11.5 Å². The van der Waals surface area contributed by atoms with E-state index in [1.165, 1.54) is 58.4 Å². The van der Waals surface area contributed by atoms with Gasteiger partial charge in [0, 0.05) is 81.6 Å². The first-order chi connectivity index (χ1) is 48.6. The highest BCUT2D eigenvalue weighted by atomic mass is 32.2. The Bertz CT molecular complexity index is 4710. The summed E-state index contributed by atoms with van der Waals surface area (Å²) < 4.78 is 113. The van der Waals surface area contributed by atoms with Crippen molar-refractivity contribution < 1.29 is 67.6 Å². The molecule has 0 spiro atoms. The Morgan fingerprint density at radius 2 is 1.09 bits per heavy atom. The van der Waals surface area contributed by atoms with Crippen LogP contribution in [0.2, 0.25) is 0 Å². The van der Waals surface area contributed by atoms with Gasteiger partial charge in [-0.25, -0.2) is 0 Å². The first-order valence-electron chi connectivity index (χ1n) is 32.3. The third-order valence-corrected chi connectivity index (χ3v) is 21.5. The van der Waals surface area contributed by atoms with E-state index in [1.807, 2.05) is 47.3 Å². The van der Waals surface area contributed by atoms with Gasteiger partial charge in [0.15, 0.2) is 10.9 Å². The molecule has 2 fully saturated rings. The van der Waals surface area contributed by atoms with Crippen LogP contribution in [0.1, 0.15) is 95.7 Å². The molecule has 7 N–H and O–H groups in total. The Morgan fingerprint density at radius 1 is 0.618 bits per heavy atom. The molecule has 0 saturated carbocycles.